The van der Waals surface area contributed by atoms with E-state index in [1.807, 2.05) is 6.92 Å². The van der Waals surface area contributed by atoms with Gasteiger partial charge in [0.15, 0.2) is 0 Å². The van der Waals surface area contributed by atoms with E-state index in [-0.39, 0.29) is 4.90 Å². The molecule has 0 unspecified atom stereocenters. The molecule has 6 heteroatoms. The van der Waals surface area contributed by atoms with Crippen molar-refractivity contribution in [2.45, 2.75) is 24.7 Å². The summed E-state index contributed by atoms with van der Waals surface area (Å²) in [5, 5.41) is 0. The topological polar surface area (TPSA) is 64.6 Å². The fourth-order valence-electron chi connectivity index (χ4n) is 1.40. The molecule has 0 radical (unpaired) electrons. The molecule has 0 heterocycles. The third-order valence-electron chi connectivity index (χ3n) is 2.46. The number of benzene rings is 1. The Kier molecular flexibility index (Phi) is 5.43. The van der Waals surface area contributed by atoms with Crippen molar-refractivity contribution in [2.24, 2.45) is 0 Å². The summed E-state index contributed by atoms with van der Waals surface area (Å²) in [6.45, 7) is 2.43. The molecule has 0 spiro atoms. The van der Waals surface area contributed by atoms with E-state index in [0.29, 0.717) is 18.0 Å². The Morgan fingerprint density at radius 3 is 2.11 bits per heavy atom. The molecular formula is C12H19NO4S. The minimum atomic E-state index is -3.51. The van der Waals surface area contributed by atoms with Gasteiger partial charge in [0, 0.05) is 24.7 Å². The van der Waals surface area contributed by atoms with E-state index in [1.165, 1.54) is 26.4 Å². The molecule has 0 aliphatic rings. The van der Waals surface area contributed by atoms with Gasteiger partial charge >= 0.3 is 0 Å². The molecule has 0 saturated heterocycles. The Morgan fingerprint density at radius 1 is 1.11 bits per heavy atom. The van der Waals surface area contributed by atoms with Gasteiger partial charge in [-0.25, -0.2) is 13.1 Å². The molecule has 0 atom stereocenters. The van der Waals surface area contributed by atoms with Crippen LogP contribution < -0.4 is 14.2 Å². The van der Waals surface area contributed by atoms with Crippen molar-refractivity contribution in [3.63, 3.8) is 0 Å². The minimum Gasteiger partial charge on any atom is -0.497 e. The summed E-state index contributed by atoms with van der Waals surface area (Å²) >= 11 is 0. The van der Waals surface area contributed by atoms with Gasteiger partial charge in [-0.1, -0.05) is 13.3 Å². The Labute approximate surface area is 108 Å². The highest BCUT2D eigenvalue weighted by Crippen LogP contribution is 2.25. The molecule has 102 valence electrons. The molecule has 0 fully saturated rings. The molecule has 18 heavy (non-hydrogen) atoms. The van der Waals surface area contributed by atoms with Gasteiger partial charge in [-0.15, -0.1) is 0 Å². The van der Waals surface area contributed by atoms with Crippen LogP contribution in [-0.2, 0) is 10.0 Å². The highest BCUT2D eigenvalue weighted by Gasteiger charge is 2.15. The summed E-state index contributed by atoms with van der Waals surface area (Å²) in [5.74, 6) is 0.899. The lowest BCUT2D eigenvalue weighted by atomic mass is 10.3. The van der Waals surface area contributed by atoms with E-state index in [4.69, 9.17) is 9.47 Å². The van der Waals surface area contributed by atoms with Crippen molar-refractivity contribution in [2.75, 3.05) is 20.8 Å². The number of unbranched alkanes of at least 4 members (excludes halogenated alkanes) is 1. The number of hydrogen-bond donors (Lipinski definition) is 1. The monoisotopic (exact) mass is 273 g/mol. The predicted molar refractivity (Wildman–Crippen MR) is 69.6 cm³/mol. The van der Waals surface area contributed by atoms with E-state index in [9.17, 15) is 8.42 Å². The Bertz CT molecular complexity index is 463. The maximum absolute atomic E-state index is 12.0. The van der Waals surface area contributed by atoms with Crippen molar-refractivity contribution in [3.05, 3.63) is 18.2 Å². The second-order valence-corrected chi connectivity index (χ2v) is 5.57. The molecule has 1 aromatic carbocycles. The number of hydrogen-bond acceptors (Lipinski definition) is 4. The summed E-state index contributed by atoms with van der Waals surface area (Å²) in [4.78, 5) is 0.148. The highest BCUT2D eigenvalue weighted by atomic mass is 32.2. The minimum absolute atomic E-state index is 0.148. The SMILES string of the molecule is CCCCNS(=O)(=O)c1cc(OC)cc(OC)c1. The molecule has 0 aliphatic carbocycles. The molecule has 0 aliphatic heterocycles. The quantitative estimate of drug-likeness (QED) is 0.769. The van der Waals surface area contributed by atoms with Crippen molar-refractivity contribution in [1.29, 1.82) is 0 Å². The van der Waals surface area contributed by atoms with Gasteiger partial charge in [-0.2, -0.15) is 0 Å². The van der Waals surface area contributed by atoms with Crippen LogP contribution in [0.1, 0.15) is 19.8 Å². The Balaban J connectivity index is 2.99. The lowest BCUT2D eigenvalue weighted by molar-refractivity contribution is 0.392. The molecule has 5 nitrogen and oxygen atoms in total. The van der Waals surface area contributed by atoms with Crippen LogP contribution in [0.3, 0.4) is 0 Å². The van der Waals surface area contributed by atoms with E-state index in [1.54, 1.807) is 6.07 Å². The summed E-state index contributed by atoms with van der Waals surface area (Å²) < 4.78 is 36.7. The van der Waals surface area contributed by atoms with Crippen LogP contribution in [0.25, 0.3) is 0 Å². The standard InChI is InChI=1S/C12H19NO4S/c1-4-5-6-13-18(14,15)12-8-10(16-2)7-11(9-12)17-3/h7-9,13H,4-6H2,1-3H3. The van der Waals surface area contributed by atoms with Gasteiger partial charge in [-0.3, -0.25) is 0 Å². The van der Waals surface area contributed by atoms with Crippen molar-refractivity contribution < 1.29 is 17.9 Å². The number of ether oxygens (including phenoxy) is 2. The smallest absolute Gasteiger partial charge is 0.240 e. The zero-order chi connectivity index (χ0) is 13.6. The highest BCUT2D eigenvalue weighted by molar-refractivity contribution is 7.89. The molecule has 1 aromatic rings. The van der Waals surface area contributed by atoms with Crippen LogP contribution in [-0.4, -0.2) is 29.2 Å². The summed E-state index contributed by atoms with van der Waals surface area (Å²) in [7, 11) is -0.544. The fraction of sp³-hybridized carbons (Fsp3) is 0.500. The first kappa shape index (κ1) is 14.8. The van der Waals surface area contributed by atoms with Crippen molar-refractivity contribution >= 4 is 10.0 Å². The van der Waals surface area contributed by atoms with Gasteiger partial charge in [-0.05, 0) is 6.42 Å². The van der Waals surface area contributed by atoms with Crippen LogP contribution in [0.15, 0.2) is 23.1 Å². The third-order valence-corrected chi connectivity index (χ3v) is 3.90. The second kappa shape index (κ2) is 6.61. The second-order valence-electron chi connectivity index (χ2n) is 3.80. The normalized spacial score (nSPS) is 11.3. The largest absolute Gasteiger partial charge is 0.497 e. The zero-order valence-electron chi connectivity index (χ0n) is 10.9. The van der Waals surface area contributed by atoms with Crippen LogP contribution >= 0.6 is 0 Å². The fourth-order valence-corrected chi connectivity index (χ4v) is 2.53. The number of sulfonamides is 1. The Hall–Kier alpha value is -1.27. The van der Waals surface area contributed by atoms with Crippen molar-refractivity contribution in [1.82, 2.24) is 4.72 Å². The number of rotatable bonds is 7. The maximum Gasteiger partial charge on any atom is 0.240 e. The lowest BCUT2D eigenvalue weighted by Gasteiger charge is -2.10. The van der Waals surface area contributed by atoms with E-state index in [0.717, 1.165) is 12.8 Å². The lowest BCUT2D eigenvalue weighted by Crippen LogP contribution is -2.24. The van der Waals surface area contributed by atoms with Gasteiger partial charge in [0.25, 0.3) is 0 Å². The first-order chi connectivity index (χ1) is 8.53. The molecule has 1 rings (SSSR count). The third kappa shape index (κ3) is 3.89. The summed E-state index contributed by atoms with van der Waals surface area (Å²) in [6, 6.07) is 4.57. The van der Waals surface area contributed by atoms with E-state index in [2.05, 4.69) is 4.72 Å². The zero-order valence-corrected chi connectivity index (χ0v) is 11.7. The summed E-state index contributed by atoms with van der Waals surface area (Å²) in [5.41, 5.74) is 0. The van der Waals surface area contributed by atoms with Crippen molar-refractivity contribution in [3.8, 4) is 11.5 Å². The van der Waals surface area contributed by atoms with Crippen LogP contribution in [0.4, 0.5) is 0 Å². The predicted octanol–water partition coefficient (Wildman–Crippen LogP) is 1.78. The maximum atomic E-state index is 12.0. The van der Waals surface area contributed by atoms with E-state index < -0.39 is 10.0 Å². The first-order valence-corrected chi connectivity index (χ1v) is 7.24. The molecule has 0 amide bonds. The van der Waals surface area contributed by atoms with Crippen LogP contribution in [0.2, 0.25) is 0 Å². The number of methoxy groups -OCH3 is 2. The van der Waals surface area contributed by atoms with Gasteiger partial charge in [0.2, 0.25) is 10.0 Å². The molecule has 0 bridgehead atoms. The molecule has 0 aromatic heterocycles. The number of nitrogens with one attached hydrogen (secondary N) is 1. The summed E-state index contributed by atoms with van der Waals surface area (Å²) in [6.07, 6.45) is 1.74. The first-order valence-electron chi connectivity index (χ1n) is 5.76. The molecule has 0 saturated carbocycles. The van der Waals surface area contributed by atoms with Crippen LogP contribution in [0.5, 0.6) is 11.5 Å². The average Bonchev–Trinajstić information content (AvgIpc) is 2.38. The van der Waals surface area contributed by atoms with Gasteiger partial charge in [0.1, 0.15) is 11.5 Å². The molecule has 1 N–H and O–H groups in total. The molecular weight excluding hydrogens is 254 g/mol. The Morgan fingerprint density at radius 2 is 1.67 bits per heavy atom. The van der Waals surface area contributed by atoms with Gasteiger partial charge in [0.05, 0.1) is 19.1 Å². The average molecular weight is 273 g/mol. The van der Waals surface area contributed by atoms with E-state index >= 15 is 0 Å². The van der Waals surface area contributed by atoms with Gasteiger partial charge < -0.3 is 9.47 Å². The van der Waals surface area contributed by atoms with Crippen LogP contribution in [0, 0.1) is 0 Å².